The van der Waals surface area contributed by atoms with Gasteiger partial charge in [-0.15, -0.1) is 5.10 Å². The molecule has 0 saturated carbocycles. The largest absolute Gasteiger partial charge is 0.345 e. The molecule has 0 radical (unpaired) electrons. The number of H-pyrrole nitrogens is 1. The standard InChI is InChI=1S/C26H26N6O/c1-13-6-7-22(27-12-13)18-8-15(3)19(9-14(18)2)24-30-26(32-31-24)29-23-11-20-17(5)28-25(33)21(20)10-16(23)4/h6-12,17H,1-5H3,(H,28,33)(H2,29,30,31,32). The zero-order valence-electron chi connectivity index (χ0n) is 19.4. The fraction of sp³-hybridized carbons (Fsp3) is 0.231. The molecule has 1 unspecified atom stereocenters. The fourth-order valence-corrected chi connectivity index (χ4v) is 4.30. The molecule has 1 amide bonds. The van der Waals surface area contributed by atoms with E-state index in [2.05, 4.69) is 68.9 Å². The molecule has 1 atom stereocenters. The lowest BCUT2D eigenvalue weighted by molar-refractivity contribution is 0.0958. The number of pyridine rings is 1. The number of anilines is 2. The van der Waals surface area contributed by atoms with Gasteiger partial charge in [-0.1, -0.05) is 6.07 Å². The summed E-state index contributed by atoms with van der Waals surface area (Å²) in [5.74, 6) is 1.16. The Hall–Kier alpha value is -4.00. The molecule has 0 bridgehead atoms. The Morgan fingerprint density at radius 1 is 0.909 bits per heavy atom. The first kappa shape index (κ1) is 20.9. The van der Waals surface area contributed by atoms with Gasteiger partial charge in [-0.3, -0.25) is 14.9 Å². The number of nitrogens with zero attached hydrogens (tertiary/aromatic N) is 3. The van der Waals surface area contributed by atoms with E-state index in [0.29, 0.717) is 11.8 Å². The smallest absolute Gasteiger partial charge is 0.252 e. The van der Waals surface area contributed by atoms with Gasteiger partial charge in [-0.05, 0) is 92.8 Å². The second kappa shape index (κ2) is 7.85. The van der Waals surface area contributed by atoms with Crippen LogP contribution < -0.4 is 10.6 Å². The van der Waals surface area contributed by atoms with Gasteiger partial charge in [0.1, 0.15) is 0 Å². The molecule has 1 aliphatic rings. The van der Waals surface area contributed by atoms with E-state index < -0.39 is 0 Å². The minimum Gasteiger partial charge on any atom is -0.345 e. The highest BCUT2D eigenvalue weighted by Gasteiger charge is 2.26. The van der Waals surface area contributed by atoms with Crippen LogP contribution in [0.5, 0.6) is 0 Å². The second-order valence-electron chi connectivity index (χ2n) is 8.78. The van der Waals surface area contributed by atoms with Crippen molar-refractivity contribution in [2.24, 2.45) is 0 Å². The van der Waals surface area contributed by atoms with Crippen molar-refractivity contribution in [3.63, 3.8) is 0 Å². The van der Waals surface area contributed by atoms with Crippen molar-refractivity contribution >= 4 is 17.5 Å². The summed E-state index contributed by atoms with van der Waals surface area (Å²) in [5, 5.41) is 13.7. The van der Waals surface area contributed by atoms with Gasteiger partial charge in [0.2, 0.25) is 5.95 Å². The van der Waals surface area contributed by atoms with E-state index in [4.69, 9.17) is 0 Å². The van der Waals surface area contributed by atoms with Crippen molar-refractivity contribution in [1.82, 2.24) is 25.5 Å². The molecule has 0 saturated heterocycles. The van der Waals surface area contributed by atoms with Crippen molar-refractivity contribution in [3.05, 3.63) is 76.0 Å². The summed E-state index contributed by atoms with van der Waals surface area (Å²) in [7, 11) is 0. The number of hydrogen-bond donors (Lipinski definition) is 3. The molecule has 3 N–H and O–H groups in total. The molecule has 166 valence electrons. The van der Waals surface area contributed by atoms with E-state index in [9.17, 15) is 4.79 Å². The second-order valence-corrected chi connectivity index (χ2v) is 8.78. The Labute approximate surface area is 192 Å². The first-order valence-electron chi connectivity index (χ1n) is 11.0. The van der Waals surface area contributed by atoms with E-state index in [1.807, 2.05) is 39.1 Å². The Kier molecular flexibility index (Phi) is 4.96. The van der Waals surface area contributed by atoms with Gasteiger partial charge in [0, 0.05) is 28.6 Å². The van der Waals surface area contributed by atoms with Crippen molar-refractivity contribution in [3.8, 4) is 22.6 Å². The average molecular weight is 439 g/mol. The summed E-state index contributed by atoms with van der Waals surface area (Å²) >= 11 is 0. The number of amides is 1. The summed E-state index contributed by atoms with van der Waals surface area (Å²) in [6, 6.07) is 12.3. The maximum atomic E-state index is 12.1. The summed E-state index contributed by atoms with van der Waals surface area (Å²) in [6.07, 6.45) is 1.89. The first-order chi connectivity index (χ1) is 15.8. The molecule has 5 rings (SSSR count). The highest BCUT2D eigenvalue weighted by atomic mass is 16.2. The number of aryl methyl sites for hydroxylation is 4. The molecule has 2 aromatic heterocycles. The topological polar surface area (TPSA) is 95.6 Å². The SMILES string of the molecule is Cc1ccc(-c2cc(C)c(-c3nc(Nc4cc5c(cc4C)C(=O)NC5C)n[nH]3)cc2C)nc1. The van der Waals surface area contributed by atoms with Crippen LogP contribution in [0.1, 0.15) is 51.1 Å². The van der Waals surface area contributed by atoms with Crippen molar-refractivity contribution in [1.29, 1.82) is 0 Å². The Balaban J connectivity index is 1.44. The third kappa shape index (κ3) is 3.75. The number of aromatic nitrogens is 4. The number of benzene rings is 2. The number of carbonyl (C=O) groups is 1. The number of fused-ring (bicyclic) bond motifs is 1. The number of hydrogen-bond acceptors (Lipinski definition) is 5. The molecule has 3 heterocycles. The van der Waals surface area contributed by atoms with Crippen LogP contribution in [0.4, 0.5) is 11.6 Å². The van der Waals surface area contributed by atoms with E-state index in [1.54, 1.807) is 0 Å². The number of carbonyl (C=O) groups excluding carboxylic acids is 1. The molecule has 7 heteroatoms. The minimum absolute atomic E-state index is 0.0106. The Morgan fingerprint density at radius 3 is 2.39 bits per heavy atom. The van der Waals surface area contributed by atoms with E-state index >= 15 is 0 Å². The lowest BCUT2D eigenvalue weighted by Gasteiger charge is -2.11. The van der Waals surface area contributed by atoms with Gasteiger partial charge in [-0.25, -0.2) is 0 Å². The van der Waals surface area contributed by atoms with Gasteiger partial charge < -0.3 is 10.6 Å². The maximum absolute atomic E-state index is 12.1. The van der Waals surface area contributed by atoms with E-state index in [1.165, 1.54) is 0 Å². The van der Waals surface area contributed by atoms with Crippen LogP contribution in [0, 0.1) is 27.7 Å². The summed E-state index contributed by atoms with van der Waals surface area (Å²) < 4.78 is 0. The number of rotatable bonds is 4. The Bertz CT molecular complexity index is 1390. The van der Waals surface area contributed by atoms with Crippen molar-refractivity contribution in [2.45, 2.75) is 40.7 Å². The molecule has 0 aliphatic carbocycles. The molecule has 2 aromatic carbocycles. The summed E-state index contributed by atoms with van der Waals surface area (Å²) in [4.78, 5) is 21.3. The number of nitrogens with one attached hydrogen (secondary N) is 3. The predicted octanol–water partition coefficient (Wildman–Crippen LogP) is 5.32. The monoisotopic (exact) mass is 438 g/mol. The van der Waals surface area contributed by atoms with Crippen LogP contribution in [0.15, 0.2) is 42.6 Å². The third-order valence-electron chi connectivity index (χ3n) is 6.20. The molecule has 0 spiro atoms. The zero-order chi connectivity index (χ0) is 23.3. The quantitative estimate of drug-likeness (QED) is 0.401. The lowest BCUT2D eigenvalue weighted by atomic mass is 9.97. The van der Waals surface area contributed by atoms with Gasteiger partial charge in [0.05, 0.1) is 11.7 Å². The van der Waals surface area contributed by atoms with Gasteiger partial charge in [0.15, 0.2) is 5.82 Å². The molecule has 33 heavy (non-hydrogen) atoms. The highest BCUT2D eigenvalue weighted by molar-refractivity contribution is 6.00. The summed E-state index contributed by atoms with van der Waals surface area (Å²) in [5.41, 5.74) is 9.99. The number of aromatic amines is 1. The lowest BCUT2D eigenvalue weighted by Crippen LogP contribution is -2.16. The minimum atomic E-state index is -0.0255. The first-order valence-corrected chi connectivity index (χ1v) is 11.0. The van der Waals surface area contributed by atoms with Crippen LogP contribution >= 0.6 is 0 Å². The molecule has 7 nitrogen and oxygen atoms in total. The molecule has 4 aromatic rings. The van der Waals surface area contributed by atoms with Crippen molar-refractivity contribution < 1.29 is 4.79 Å². The molecular formula is C26H26N6O. The van der Waals surface area contributed by atoms with Gasteiger partial charge in [0.25, 0.3) is 5.91 Å². The highest BCUT2D eigenvalue weighted by Crippen LogP contribution is 2.33. The zero-order valence-corrected chi connectivity index (χ0v) is 19.4. The van der Waals surface area contributed by atoms with Gasteiger partial charge >= 0.3 is 0 Å². The van der Waals surface area contributed by atoms with Crippen LogP contribution in [-0.2, 0) is 0 Å². The predicted molar refractivity (Wildman–Crippen MR) is 130 cm³/mol. The van der Waals surface area contributed by atoms with Crippen LogP contribution in [-0.4, -0.2) is 26.1 Å². The average Bonchev–Trinajstić information content (AvgIpc) is 3.35. The molecule has 1 aliphatic heterocycles. The molecule has 0 fully saturated rings. The van der Waals surface area contributed by atoms with Crippen LogP contribution in [0.25, 0.3) is 22.6 Å². The van der Waals surface area contributed by atoms with E-state index in [0.717, 1.165) is 55.9 Å². The van der Waals surface area contributed by atoms with Crippen LogP contribution in [0.3, 0.4) is 0 Å². The fourth-order valence-electron chi connectivity index (χ4n) is 4.30. The maximum Gasteiger partial charge on any atom is 0.252 e. The normalized spacial score (nSPS) is 14.8. The summed E-state index contributed by atoms with van der Waals surface area (Å²) in [6.45, 7) is 10.1. The van der Waals surface area contributed by atoms with Crippen molar-refractivity contribution in [2.75, 3.05) is 5.32 Å². The Morgan fingerprint density at radius 2 is 1.64 bits per heavy atom. The van der Waals surface area contributed by atoms with Gasteiger partial charge in [-0.2, -0.15) is 4.98 Å². The van der Waals surface area contributed by atoms with E-state index in [-0.39, 0.29) is 11.9 Å². The third-order valence-corrected chi connectivity index (χ3v) is 6.20. The van der Waals surface area contributed by atoms with Crippen LogP contribution in [0.2, 0.25) is 0 Å². The molecular weight excluding hydrogens is 412 g/mol.